The molecule has 0 N–H and O–H groups in total. The molecule has 16 heavy (non-hydrogen) atoms. The molecule has 0 aliphatic rings. The Kier molecular flexibility index (Phi) is 2.18. The van der Waals surface area contributed by atoms with Gasteiger partial charge in [0.25, 0.3) is 0 Å². The van der Waals surface area contributed by atoms with Gasteiger partial charge in [-0.05, 0) is 12.1 Å². The number of rotatable bonds is 1. The van der Waals surface area contributed by atoms with Gasteiger partial charge in [0.15, 0.2) is 5.76 Å². The average Bonchev–Trinajstić information content (AvgIpc) is 2.59. The van der Waals surface area contributed by atoms with Crippen molar-refractivity contribution in [2.45, 2.75) is 12.1 Å². The van der Waals surface area contributed by atoms with Crippen LogP contribution in [0.25, 0.3) is 11.0 Å². The third-order valence-electron chi connectivity index (χ3n) is 2.09. The van der Waals surface area contributed by atoms with Crippen LogP contribution in [0.5, 0.6) is 0 Å². The fraction of sp³-hybridized carbons (Fsp3) is 0.200. The largest absolute Gasteiger partial charge is 0.461 e. The van der Waals surface area contributed by atoms with Gasteiger partial charge < -0.3 is 4.42 Å². The van der Waals surface area contributed by atoms with Crippen molar-refractivity contribution in [1.82, 2.24) is 0 Å². The van der Waals surface area contributed by atoms with E-state index in [0.717, 1.165) is 0 Å². The molecule has 0 amide bonds. The Morgan fingerprint density at radius 3 is 2.12 bits per heavy atom. The maximum atomic E-state index is 12.9. The van der Waals surface area contributed by atoms with Crippen LogP contribution < -0.4 is 0 Å². The first-order chi connectivity index (χ1) is 7.32. The molecule has 6 heteroatoms. The van der Waals surface area contributed by atoms with E-state index >= 15 is 0 Å². The van der Waals surface area contributed by atoms with Crippen molar-refractivity contribution in [1.29, 1.82) is 0 Å². The second kappa shape index (κ2) is 3.20. The Hall–Kier alpha value is -1.59. The zero-order chi connectivity index (χ0) is 12.0. The lowest BCUT2D eigenvalue weighted by Gasteiger charge is -2.16. The van der Waals surface area contributed by atoms with Crippen molar-refractivity contribution in [2.24, 2.45) is 0 Å². The summed E-state index contributed by atoms with van der Waals surface area (Å²) < 4.78 is 66.4. The van der Waals surface area contributed by atoms with E-state index in [1.807, 2.05) is 0 Å². The molecule has 2 rings (SSSR count). The summed E-state index contributed by atoms with van der Waals surface area (Å²) in [6.07, 6.45) is -5.65. The topological polar surface area (TPSA) is 13.1 Å². The van der Waals surface area contributed by atoms with Crippen LogP contribution in [0.4, 0.5) is 22.0 Å². The Balaban J connectivity index is 2.56. The number of hydrogen-bond donors (Lipinski definition) is 0. The van der Waals surface area contributed by atoms with E-state index in [9.17, 15) is 22.0 Å². The lowest BCUT2D eigenvalue weighted by molar-refractivity contribution is -0.295. The molecule has 0 unspecified atom stereocenters. The monoisotopic (exact) mass is 236 g/mol. The smallest absolute Gasteiger partial charge is 0.454 e. The molecule has 0 fully saturated rings. The molecule has 2 aromatic rings. The van der Waals surface area contributed by atoms with Crippen molar-refractivity contribution in [2.75, 3.05) is 0 Å². The van der Waals surface area contributed by atoms with Gasteiger partial charge in [-0.1, -0.05) is 18.2 Å². The highest BCUT2D eigenvalue weighted by Crippen LogP contribution is 2.45. The van der Waals surface area contributed by atoms with Crippen LogP contribution in [-0.4, -0.2) is 6.18 Å². The molecular formula is C10H5F5O. The van der Waals surface area contributed by atoms with Crippen LogP contribution in [0.3, 0.4) is 0 Å². The summed E-state index contributed by atoms with van der Waals surface area (Å²) in [4.78, 5) is 0. The Morgan fingerprint density at radius 2 is 1.56 bits per heavy atom. The Bertz CT molecular complexity index is 478. The van der Waals surface area contributed by atoms with Gasteiger partial charge in [-0.3, -0.25) is 0 Å². The van der Waals surface area contributed by atoms with Crippen molar-refractivity contribution in [3.8, 4) is 0 Å². The number of furan rings is 1. The summed E-state index contributed by atoms with van der Waals surface area (Å²) in [6, 6.07) is 6.43. The molecule has 1 heterocycles. The van der Waals surface area contributed by atoms with Crippen LogP contribution in [0.15, 0.2) is 34.7 Å². The summed E-state index contributed by atoms with van der Waals surface area (Å²) in [6.45, 7) is 0. The van der Waals surface area contributed by atoms with Crippen molar-refractivity contribution in [3.05, 3.63) is 36.1 Å². The van der Waals surface area contributed by atoms with Crippen LogP contribution in [-0.2, 0) is 5.92 Å². The van der Waals surface area contributed by atoms with E-state index < -0.39 is 17.9 Å². The van der Waals surface area contributed by atoms with E-state index in [1.165, 1.54) is 24.3 Å². The van der Waals surface area contributed by atoms with E-state index in [4.69, 9.17) is 0 Å². The molecule has 0 radical (unpaired) electrons. The SMILES string of the molecule is FC(F)(F)C(F)(F)c1cc2ccccc2o1. The number of alkyl halides is 5. The van der Waals surface area contributed by atoms with Gasteiger partial charge in [-0.15, -0.1) is 0 Å². The predicted octanol–water partition coefficient (Wildman–Crippen LogP) is 4.09. The summed E-state index contributed by atoms with van der Waals surface area (Å²) >= 11 is 0. The molecule has 1 aromatic carbocycles. The number of benzene rings is 1. The number of hydrogen-bond acceptors (Lipinski definition) is 1. The predicted molar refractivity (Wildman–Crippen MR) is 46.2 cm³/mol. The molecule has 0 aliphatic heterocycles. The number of fused-ring (bicyclic) bond motifs is 1. The number of para-hydroxylation sites is 1. The van der Waals surface area contributed by atoms with Gasteiger partial charge in [0.05, 0.1) is 0 Å². The average molecular weight is 236 g/mol. The molecule has 0 aliphatic carbocycles. The highest BCUT2D eigenvalue weighted by molar-refractivity contribution is 5.77. The van der Waals surface area contributed by atoms with E-state index in [-0.39, 0.29) is 11.0 Å². The van der Waals surface area contributed by atoms with Crippen molar-refractivity contribution in [3.63, 3.8) is 0 Å². The fourth-order valence-electron chi connectivity index (χ4n) is 1.28. The fourth-order valence-corrected chi connectivity index (χ4v) is 1.28. The van der Waals surface area contributed by atoms with Gasteiger partial charge in [0.2, 0.25) is 0 Å². The Labute approximate surface area is 86.5 Å². The van der Waals surface area contributed by atoms with Gasteiger partial charge in [-0.2, -0.15) is 22.0 Å². The van der Waals surface area contributed by atoms with Gasteiger partial charge in [0.1, 0.15) is 5.58 Å². The van der Waals surface area contributed by atoms with E-state index in [2.05, 4.69) is 4.42 Å². The standard InChI is InChI=1S/C10H5F5O/c11-9(12,10(13,14)15)8-5-6-3-1-2-4-7(6)16-8/h1-5H. The zero-order valence-corrected chi connectivity index (χ0v) is 7.68. The molecular weight excluding hydrogens is 231 g/mol. The highest BCUT2D eigenvalue weighted by atomic mass is 19.4. The summed E-state index contributed by atoms with van der Waals surface area (Å²) in [7, 11) is 0. The summed E-state index contributed by atoms with van der Waals surface area (Å²) in [5.74, 6) is -6.35. The molecule has 1 nitrogen and oxygen atoms in total. The number of halogens is 5. The maximum Gasteiger partial charge on any atom is 0.461 e. The summed E-state index contributed by atoms with van der Waals surface area (Å²) in [5, 5.41) is 0.210. The minimum absolute atomic E-state index is 0.00132. The first-order valence-electron chi connectivity index (χ1n) is 4.26. The quantitative estimate of drug-likeness (QED) is 0.680. The Morgan fingerprint density at radius 1 is 0.938 bits per heavy atom. The summed E-state index contributed by atoms with van der Waals surface area (Å²) in [5.41, 5.74) is 0.00132. The second-order valence-electron chi connectivity index (χ2n) is 3.22. The van der Waals surface area contributed by atoms with Crippen LogP contribution in [0.2, 0.25) is 0 Å². The normalized spacial score (nSPS) is 13.3. The lowest BCUT2D eigenvalue weighted by atomic mass is 10.2. The molecule has 0 spiro atoms. The first-order valence-corrected chi connectivity index (χ1v) is 4.26. The molecule has 0 bridgehead atoms. The second-order valence-corrected chi connectivity index (χ2v) is 3.22. The maximum absolute atomic E-state index is 12.9. The van der Waals surface area contributed by atoms with Crippen molar-refractivity contribution >= 4 is 11.0 Å². The minimum atomic E-state index is -5.65. The third kappa shape index (κ3) is 1.54. The van der Waals surface area contributed by atoms with E-state index in [1.54, 1.807) is 0 Å². The first kappa shape index (κ1) is 10.9. The lowest BCUT2D eigenvalue weighted by Crippen LogP contribution is -2.33. The minimum Gasteiger partial charge on any atom is -0.454 e. The highest BCUT2D eigenvalue weighted by Gasteiger charge is 2.61. The molecule has 0 saturated heterocycles. The molecule has 0 saturated carbocycles. The van der Waals surface area contributed by atoms with Gasteiger partial charge in [0, 0.05) is 5.39 Å². The zero-order valence-electron chi connectivity index (χ0n) is 7.68. The van der Waals surface area contributed by atoms with Crippen LogP contribution in [0, 0.1) is 0 Å². The molecule has 1 aromatic heterocycles. The third-order valence-corrected chi connectivity index (χ3v) is 2.09. The van der Waals surface area contributed by atoms with E-state index in [0.29, 0.717) is 6.07 Å². The molecule has 0 atom stereocenters. The van der Waals surface area contributed by atoms with Gasteiger partial charge in [-0.25, -0.2) is 0 Å². The van der Waals surface area contributed by atoms with Crippen LogP contribution >= 0.6 is 0 Å². The molecule has 86 valence electrons. The van der Waals surface area contributed by atoms with Gasteiger partial charge >= 0.3 is 12.1 Å². The van der Waals surface area contributed by atoms with Crippen molar-refractivity contribution < 1.29 is 26.4 Å². The van der Waals surface area contributed by atoms with Crippen LogP contribution in [0.1, 0.15) is 5.76 Å².